The number of nitro groups is 1. The summed E-state index contributed by atoms with van der Waals surface area (Å²) in [5.74, 6) is -1.13. The summed E-state index contributed by atoms with van der Waals surface area (Å²) in [7, 11) is -3.44. The van der Waals surface area contributed by atoms with E-state index in [4.69, 9.17) is 0 Å². The van der Waals surface area contributed by atoms with E-state index in [9.17, 15) is 28.4 Å². The molecule has 0 saturated carbocycles. The monoisotopic (exact) mass is 403 g/mol. The summed E-state index contributed by atoms with van der Waals surface area (Å²) in [5, 5.41) is 28.3. The van der Waals surface area contributed by atoms with Crippen molar-refractivity contribution in [2.24, 2.45) is 10.2 Å². The maximum atomic E-state index is 12.2. The number of anilines is 1. The van der Waals surface area contributed by atoms with Crippen molar-refractivity contribution < 1.29 is 23.2 Å². The topological polar surface area (TPSA) is 167 Å². The molecule has 0 radical (unpaired) electrons. The zero-order chi connectivity index (χ0) is 20.5. The molecule has 28 heavy (non-hydrogen) atoms. The Kier molecular flexibility index (Phi) is 4.79. The second-order valence-corrected chi connectivity index (χ2v) is 7.51. The smallest absolute Gasteiger partial charge is 0.295 e. The Morgan fingerprint density at radius 3 is 2.50 bits per heavy atom. The van der Waals surface area contributed by atoms with Gasteiger partial charge in [0.25, 0.3) is 11.6 Å². The first kappa shape index (κ1) is 19.0. The molecule has 0 bridgehead atoms. The van der Waals surface area contributed by atoms with Crippen LogP contribution < -0.4 is 4.72 Å². The minimum absolute atomic E-state index is 0.109. The Labute approximate surface area is 157 Å². The first-order chi connectivity index (χ1) is 13.1. The first-order valence-corrected chi connectivity index (χ1v) is 9.56. The van der Waals surface area contributed by atoms with Gasteiger partial charge in [0.1, 0.15) is 0 Å². The van der Waals surface area contributed by atoms with Gasteiger partial charge in [0.15, 0.2) is 5.69 Å². The summed E-state index contributed by atoms with van der Waals surface area (Å²) < 4.78 is 24.6. The van der Waals surface area contributed by atoms with E-state index in [-0.39, 0.29) is 33.9 Å². The molecule has 0 unspecified atom stereocenters. The standard InChI is InChI=1S/C16H13N5O6S/c1-28(26,27)20-10-4-2-9(3-5-10)15(22)19-18-14-12-8-11(21(24)25)6-7-13(12)17-16(14)23/h2-8,17,20,23H,1H3. The van der Waals surface area contributed by atoms with Crippen molar-refractivity contribution in [3.05, 3.63) is 58.1 Å². The number of nitrogens with zero attached hydrogens (tertiary/aromatic N) is 3. The highest BCUT2D eigenvalue weighted by Gasteiger charge is 2.15. The average Bonchev–Trinajstić information content (AvgIpc) is 2.93. The third kappa shape index (κ3) is 4.12. The Morgan fingerprint density at radius 1 is 1.21 bits per heavy atom. The van der Waals surface area contributed by atoms with Crippen molar-refractivity contribution in [3.8, 4) is 5.88 Å². The number of carbonyl (C=O) groups is 1. The molecule has 3 N–H and O–H groups in total. The molecule has 0 saturated heterocycles. The van der Waals surface area contributed by atoms with E-state index in [1.165, 1.54) is 42.5 Å². The fourth-order valence-electron chi connectivity index (χ4n) is 2.41. The number of nitro benzene ring substituents is 1. The van der Waals surface area contributed by atoms with Gasteiger partial charge in [0.05, 0.1) is 16.7 Å². The van der Waals surface area contributed by atoms with Crippen LogP contribution in [0.5, 0.6) is 5.88 Å². The third-order valence-electron chi connectivity index (χ3n) is 3.62. The molecule has 3 aromatic rings. The van der Waals surface area contributed by atoms with E-state index in [1.807, 2.05) is 0 Å². The third-order valence-corrected chi connectivity index (χ3v) is 4.23. The minimum atomic E-state index is -3.44. The Balaban J connectivity index is 1.87. The van der Waals surface area contributed by atoms with Crippen molar-refractivity contribution >= 4 is 43.9 Å². The molecule has 12 heteroatoms. The first-order valence-electron chi connectivity index (χ1n) is 7.67. The van der Waals surface area contributed by atoms with E-state index < -0.39 is 20.9 Å². The SMILES string of the molecule is CS(=O)(=O)Nc1ccc(C(=O)N=Nc2c(O)[nH]c3ccc([N+](=O)[O-])cc23)cc1. The van der Waals surface area contributed by atoms with Crippen LogP contribution in [-0.2, 0) is 10.0 Å². The summed E-state index contributed by atoms with van der Waals surface area (Å²) in [6, 6.07) is 9.35. The molecule has 0 spiro atoms. The van der Waals surface area contributed by atoms with E-state index in [0.29, 0.717) is 5.52 Å². The number of sulfonamides is 1. The number of fused-ring (bicyclic) bond motifs is 1. The fourth-order valence-corrected chi connectivity index (χ4v) is 2.98. The number of H-pyrrole nitrogens is 1. The molecule has 1 aromatic heterocycles. The van der Waals surface area contributed by atoms with E-state index in [0.717, 1.165) is 6.26 Å². The molecule has 0 aliphatic heterocycles. The second kappa shape index (κ2) is 7.08. The molecule has 1 heterocycles. The number of hydrogen-bond acceptors (Lipinski definition) is 7. The van der Waals surface area contributed by atoms with Gasteiger partial charge in [-0.05, 0) is 30.3 Å². The van der Waals surface area contributed by atoms with Gasteiger partial charge in [0.2, 0.25) is 15.9 Å². The highest BCUT2D eigenvalue weighted by Crippen LogP contribution is 2.37. The van der Waals surface area contributed by atoms with Crippen LogP contribution in [-0.4, -0.2) is 35.6 Å². The van der Waals surface area contributed by atoms with E-state index >= 15 is 0 Å². The molecule has 0 fully saturated rings. The molecule has 0 aliphatic carbocycles. The van der Waals surface area contributed by atoms with Crippen LogP contribution in [0.4, 0.5) is 17.1 Å². The normalized spacial score (nSPS) is 11.8. The van der Waals surface area contributed by atoms with Gasteiger partial charge in [-0.2, -0.15) is 0 Å². The summed E-state index contributed by atoms with van der Waals surface area (Å²) in [6.07, 6.45) is 0.998. The van der Waals surface area contributed by atoms with Crippen molar-refractivity contribution in [3.63, 3.8) is 0 Å². The Bertz CT molecular complexity index is 1210. The molecule has 11 nitrogen and oxygen atoms in total. The van der Waals surface area contributed by atoms with Gasteiger partial charge in [-0.25, -0.2) is 8.42 Å². The van der Waals surface area contributed by atoms with Crippen LogP contribution in [0.25, 0.3) is 10.9 Å². The van der Waals surface area contributed by atoms with Crippen molar-refractivity contribution in [2.75, 3.05) is 11.0 Å². The quantitative estimate of drug-likeness (QED) is 0.336. The molecule has 0 atom stereocenters. The zero-order valence-electron chi connectivity index (χ0n) is 14.3. The van der Waals surface area contributed by atoms with Gasteiger partial charge >= 0.3 is 0 Å². The molecule has 144 valence electrons. The van der Waals surface area contributed by atoms with Crippen LogP contribution in [0.1, 0.15) is 10.4 Å². The molecular formula is C16H13N5O6S. The molecule has 3 rings (SSSR count). The fraction of sp³-hybridized carbons (Fsp3) is 0.0625. The number of hydrogen-bond donors (Lipinski definition) is 3. The number of nitrogens with one attached hydrogen (secondary N) is 2. The predicted molar refractivity (Wildman–Crippen MR) is 100 cm³/mol. The summed E-state index contributed by atoms with van der Waals surface area (Å²) >= 11 is 0. The number of aromatic nitrogens is 1. The molecule has 2 aromatic carbocycles. The summed E-state index contributed by atoms with van der Waals surface area (Å²) in [4.78, 5) is 25.1. The second-order valence-electron chi connectivity index (χ2n) is 5.77. The predicted octanol–water partition coefficient (Wildman–Crippen LogP) is 3.08. The number of benzene rings is 2. The highest BCUT2D eigenvalue weighted by molar-refractivity contribution is 7.92. The van der Waals surface area contributed by atoms with Crippen molar-refractivity contribution in [1.29, 1.82) is 0 Å². The molecular weight excluding hydrogens is 390 g/mol. The average molecular weight is 403 g/mol. The van der Waals surface area contributed by atoms with Crippen LogP contribution in [0.3, 0.4) is 0 Å². The lowest BCUT2D eigenvalue weighted by molar-refractivity contribution is -0.384. The number of rotatable bonds is 5. The number of non-ortho nitro benzene ring substituents is 1. The lowest BCUT2D eigenvalue weighted by Crippen LogP contribution is -2.09. The van der Waals surface area contributed by atoms with Gasteiger partial charge in [-0.1, -0.05) is 0 Å². The largest absolute Gasteiger partial charge is 0.493 e. The molecule has 1 amide bonds. The van der Waals surface area contributed by atoms with Crippen LogP contribution in [0.15, 0.2) is 52.7 Å². The van der Waals surface area contributed by atoms with E-state index in [2.05, 4.69) is 19.9 Å². The summed E-state index contributed by atoms with van der Waals surface area (Å²) in [6.45, 7) is 0. The van der Waals surface area contributed by atoms with Crippen LogP contribution in [0, 0.1) is 10.1 Å². The zero-order valence-corrected chi connectivity index (χ0v) is 15.1. The van der Waals surface area contributed by atoms with E-state index in [1.54, 1.807) is 0 Å². The highest BCUT2D eigenvalue weighted by atomic mass is 32.2. The van der Waals surface area contributed by atoms with Gasteiger partial charge in [-0.15, -0.1) is 10.2 Å². The number of azo groups is 1. The van der Waals surface area contributed by atoms with Gasteiger partial charge in [0, 0.05) is 28.8 Å². The number of aromatic hydroxyl groups is 1. The van der Waals surface area contributed by atoms with Crippen molar-refractivity contribution in [1.82, 2.24) is 4.98 Å². The Hall–Kier alpha value is -3.80. The van der Waals surface area contributed by atoms with Gasteiger partial charge in [-0.3, -0.25) is 19.6 Å². The maximum Gasteiger partial charge on any atom is 0.295 e. The number of amides is 1. The summed E-state index contributed by atoms with van der Waals surface area (Å²) in [5.41, 5.74) is 0.483. The van der Waals surface area contributed by atoms with Crippen molar-refractivity contribution in [2.45, 2.75) is 0 Å². The van der Waals surface area contributed by atoms with Crippen LogP contribution in [0.2, 0.25) is 0 Å². The van der Waals surface area contributed by atoms with Gasteiger partial charge < -0.3 is 10.1 Å². The van der Waals surface area contributed by atoms with Crippen LogP contribution >= 0.6 is 0 Å². The lowest BCUT2D eigenvalue weighted by atomic mass is 10.2. The molecule has 0 aliphatic rings. The lowest BCUT2D eigenvalue weighted by Gasteiger charge is -2.03. The Morgan fingerprint density at radius 2 is 1.89 bits per heavy atom. The number of aromatic amines is 1. The number of carbonyl (C=O) groups excluding carboxylic acids is 1. The maximum absolute atomic E-state index is 12.2. The minimum Gasteiger partial charge on any atom is -0.493 e.